The van der Waals surface area contributed by atoms with Crippen molar-refractivity contribution in [1.29, 1.82) is 0 Å². The third kappa shape index (κ3) is 5.93. The van der Waals surface area contributed by atoms with E-state index in [0.717, 1.165) is 26.8 Å². The van der Waals surface area contributed by atoms with Gasteiger partial charge in [-0.05, 0) is 23.8 Å². The van der Waals surface area contributed by atoms with Gasteiger partial charge in [-0.25, -0.2) is 12.7 Å². The fourth-order valence-corrected chi connectivity index (χ4v) is 6.08. The van der Waals surface area contributed by atoms with E-state index in [-0.39, 0.29) is 18.2 Å². The van der Waals surface area contributed by atoms with Gasteiger partial charge < -0.3 is 5.32 Å². The van der Waals surface area contributed by atoms with Crippen molar-refractivity contribution >= 4 is 45.1 Å². The van der Waals surface area contributed by atoms with Crippen molar-refractivity contribution in [3.8, 4) is 10.4 Å². The minimum absolute atomic E-state index is 0.0611. The number of thiophene rings is 1. The second kappa shape index (κ2) is 9.54. The highest BCUT2D eigenvalue weighted by Crippen LogP contribution is 2.28. The van der Waals surface area contributed by atoms with E-state index < -0.39 is 10.0 Å². The van der Waals surface area contributed by atoms with Crippen molar-refractivity contribution in [3.05, 3.63) is 53.4 Å². The second-order valence-corrected chi connectivity index (χ2v) is 10.4. The van der Waals surface area contributed by atoms with Gasteiger partial charge in [0.25, 0.3) is 0 Å². The highest BCUT2D eigenvalue weighted by molar-refractivity contribution is 7.99. The molecule has 0 atom stereocenters. The minimum atomic E-state index is -3.29. The molecule has 0 bridgehead atoms. The largest absolute Gasteiger partial charge is 0.351 e. The first-order valence-electron chi connectivity index (χ1n) is 8.71. The molecule has 0 aliphatic carbocycles. The zero-order valence-corrected chi connectivity index (χ0v) is 17.3. The van der Waals surface area contributed by atoms with E-state index in [2.05, 4.69) is 5.32 Å². The zero-order valence-electron chi connectivity index (χ0n) is 14.8. The molecule has 0 unspecified atom stereocenters. The van der Waals surface area contributed by atoms with Crippen molar-refractivity contribution in [3.63, 3.8) is 0 Å². The molecule has 144 valence electrons. The topological polar surface area (TPSA) is 66.5 Å². The van der Waals surface area contributed by atoms with Crippen LogP contribution >= 0.6 is 23.1 Å². The maximum atomic E-state index is 12.2. The maximum Gasteiger partial charge on any atom is 0.244 e. The van der Waals surface area contributed by atoms with Gasteiger partial charge in [0.15, 0.2) is 0 Å². The lowest BCUT2D eigenvalue weighted by Crippen LogP contribution is -2.41. The zero-order chi connectivity index (χ0) is 19.1. The number of carbonyl (C=O) groups is 1. The van der Waals surface area contributed by atoms with Gasteiger partial charge in [-0.1, -0.05) is 30.3 Å². The van der Waals surface area contributed by atoms with Crippen LogP contribution in [0.2, 0.25) is 0 Å². The van der Waals surface area contributed by atoms with Gasteiger partial charge >= 0.3 is 0 Å². The Labute approximate surface area is 168 Å². The Morgan fingerprint density at radius 3 is 2.59 bits per heavy atom. The third-order valence-electron chi connectivity index (χ3n) is 4.11. The molecule has 1 fully saturated rings. The number of nitrogens with one attached hydrogen (secondary N) is 1. The number of hydrogen-bond acceptors (Lipinski definition) is 5. The van der Waals surface area contributed by atoms with E-state index in [1.54, 1.807) is 29.2 Å². The minimum Gasteiger partial charge on any atom is -0.351 e. The van der Waals surface area contributed by atoms with Crippen molar-refractivity contribution in [1.82, 2.24) is 9.62 Å². The number of sulfonamides is 1. The molecule has 3 rings (SSSR count). The molecule has 2 aromatic rings. The number of nitrogens with zero attached hydrogens (tertiary/aromatic N) is 1. The van der Waals surface area contributed by atoms with Gasteiger partial charge in [0.05, 0.1) is 5.75 Å². The van der Waals surface area contributed by atoms with E-state index in [9.17, 15) is 13.2 Å². The highest BCUT2D eigenvalue weighted by atomic mass is 32.2. The van der Waals surface area contributed by atoms with Gasteiger partial charge in [0, 0.05) is 47.0 Å². The number of amides is 1. The fourth-order valence-electron chi connectivity index (χ4n) is 2.67. The first kappa shape index (κ1) is 20.1. The Kier molecular flexibility index (Phi) is 7.12. The van der Waals surface area contributed by atoms with Crippen LogP contribution in [-0.2, 0) is 14.8 Å². The monoisotopic (exact) mass is 422 g/mol. The molecular weight excluding hydrogens is 400 g/mol. The van der Waals surface area contributed by atoms with Gasteiger partial charge in [0.2, 0.25) is 15.9 Å². The third-order valence-corrected chi connectivity index (χ3v) is 8.02. The first-order valence-corrected chi connectivity index (χ1v) is 12.3. The molecule has 0 spiro atoms. The predicted molar refractivity (Wildman–Crippen MR) is 114 cm³/mol. The van der Waals surface area contributed by atoms with Crippen LogP contribution in [-0.4, -0.2) is 55.5 Å². The summed E-state index contributed by atoms with van der Waals surface area (Å²) in [5.41, 5.74) is 1.15. The lowest BCUT2D eigenvalue weighted by Gasteiger charge is -2.25. The molecule has 27 heavy (non-hydrogen) atoms. The van der Waals surface area contributed by atoms with Gasteiger partial charge in [-0.3, -0.25) is 4.79 Å². The fraction of sp³-hybridized carbons (Fsp3) is 0.316. The van der Waals surface area contributed by atoms with Gasteiger partial charge in [0.1, 0.15) is 0 Å². The Morgan fingerprint density at radius 2 is 1.85 bits per heavy atom. The summed E-state index contributed by atoms with van der Waals surface area (Å²) in [4.78, 5) is 14.1. The van der Waals surface area contributed by atoms with Crippen molar-refractivity contribution in [2.75, 3.05) is 36.9 Å². The summed E-state index contributed by atoms with van der Waals surface area (Å²) in [6.45, 7) is 1.24. The molecule has 1 N–H and O–H groups in total. The smallest absolute Gasteiger partial charge is 0.244 e. The molecule has 8 heteroatoms. The Balaban J connectivity index is 1.47. The summed E-state index contributed by atoms with van der Waals surface area (Å²) >= 11 is 3.37. The summed E-state index contributed by atoms with van der Waals surface area (Å²) in [5.74, 6) is 1.32. The molecule has 2 heterocycles. The molecule has 1 saturated heterocycles. The van der Waals surface area contributed by atoms with E-state index in [0.29, 0.717) is 13.1 Å². The molecule has 1 aromatic heterocycles. The summed E-state index contributed by atoms with van der Waals surface area (Å²) in [5, 5.41) is 2.65. The van der Waals surface area contributed by atoms with Crippen LogP contribution in [0.25, 0.3) is 16.5 Å². The Bertz CT molecular complexity index is 886. The van der Waals surface area contributed by atoms with Crippen LogP contribution in [0, 0.1) is 0 Å². The van der Waals surface area contributed by atoms with Crippen molar-refractivity contribution in [2.45, 2.75) is 0 Å². The molecule has 1 amide bonds. The van der Waals surface area contributed by atoms with Crippen LogP contribution < -0.4 is 5.32 Å². The second-order valence-electron chi connectivity index (χ2n) is 6.02. The van der Waals surface area contributed by atoms with E-state index in [1.807, 2.05) is 42.5 Å². The molecule has 5 nitrogen and oxygen atoms in total. The molecule has 1 aliphatic heterocycles. The summed E-state index contributed by atoms with van der Waals surface area (Å²) < 4.78 is 26.0. The Morgan fingerprint density at radius 1 is 1.11 bits per heavy atom. The lowest BCUT2D eigenvalue weighted by molar-refractivity contribution is -0.116. The van der Waals surface area contributed by atoms with E-state index in [4.69, 9.17) is 0 Å². The van der Waals surface area contributed by atoms with E-state index >= 15 is 0 Å². The van der Waals surface area contributed by atoms with Gasteiger partial charge in [-0.2, -0.15) is 11.8 Å². The van der Waals surface area contributed by atoms with Crippen LogP contribution in [0.4, 0.5) is 0 Å². The number of benzene rings is 1. The van der Waals surface area contributed by atoms with Crippen LogP contribution in [0.5, 0.6) is 0 Å². The SMILES string of the molecule is O=C(/C=C/c1ccc(-c2ccccc2)s1)NCCS(=O)(=O)N1CCSCC1. The quantitative estimate of drug-likeness (QED) is 0.697. The first-order chi connectivity index (χ1) is 13.0. The van der Waals surface area contributed by atoms with Crippen LogP contribution in [0.1, 0.15) is 4.88 Å². The van der Waals surface area contributed by atoms with Crippen LogP contribution in [0.3, 0.4) is 0 Å². The lowest BCUT2D eigenvalue weighted by atomic mass is 10.2. The average Bonchev–Trinajstić information content (AvgIpc) is 3.17. The highest BCUT2D eigenvalue weighted by Gasteiger charge is 2.23. The average molecular weight is 423 g/mol. The van der Waals surface area contributed by atoms with Crippen molar-refractivity contribution < 1.29 is 13.2 Å². The van der Waals surface area contributed by atoms with Crippen molar-refractivity contribution in [2.24, 2.45) is 0 Å². The molecular formula is C19H22N2O3S3. The molecule has 0 saturated carbocycles. The molecule has 1 aliphatic rings. The molecule has 1 aromatic carbocycles. The number of thioether (sulfide) groups is 1. The maximum absolute atomic E-state index is 12.2. The van der Waals surface area contributed by atoms with Gasteiger partial charge in [-0.15, -0.1) is 11.3 Å². The van der Waals surface area contributed by atoms with E-state index in [1.165, 1.54) is 10.4 Å². The summed E-state index contributed by atoms with van der Waals surface area (Å²) in [6, 6.07) is 14.1. The normalized spacial score (nSPS) is 15.9. The number of hydrogen-bond donors (Lipinski definition) is 1. The molecule has 0 radical (unpaired) electrons. The summed E-state index contributed by atoms with van der Waals surface area (Å²) in [6.07, 6.45) is 3.20. The standard InChI is InChI=1S/C19H22N2O3S3/c22-19(20-10-15-27(23,24)21-11-13-25-14-12-21)9-7-17-6-8-18(26-17)16-4-2-1-3-5-16/h1-9H,10-15H2,(H,20,22)/b9-7+. The number of carbonyl (C=O) groups excluding carboxylic acids is 1. The Hall–Kier alpha value is -1.61. The predicted octanol–water partition coefficient (Wildman–Crippen LogP) is 2.92. The summed E-state index contributed by atoms with van der Waals surface area (Å²) in [7, 11) is -3.29. The van der Waals surface area contributed by atoms with Crippen LogP contribution in [0.15, 0.2) is 48.5 Å². The number of rotatable bonds is 7.